The second-order valence-corrected chi connectivity index (χ2v) is 18.7. The molecule has 3 aliphatic carbocycles. The van der Waals surface area contributed by atoms with E-state index >= 15 is 9.59 Å². The van der Waals surface area contributed by atoms with Gasteiger partial charge in [0.15, 0.2) is 17.5 Å². The van der Waals surface area contributed by atoms with Gasteiger partial charge in [0, 0.05) is 37.7 Å². The molecule has 4 aliphatic rings. The maximum absolute atomic E-state index is 15.7. The Morgan fingerprint density at radius 3 is 1.96 bits per heavy atom. The second-order valence-electron chi connectivity index (χ2n) is 18.7. The average Bonchev–Trinajstić information content (AvgIpc) is 3.30. The van der Waals surface area contributed by atoms with E-state index in [0.29, 0.717) is 0 Å². The summed E-state index contributed by atoms with van der Waals surface area (Å²) in [6, 6.07) is 22.1. The molecule has 3 aromatic rings. The van der Waals surface area contributed by atoms with Crippen molar-refractivity contribution in [3.8, 4) is 0 Å². The number of ketones is 1. The fourth-order valence-corrected chi connectivity index (χ4v) is 10.7. The molecule has 3 fully saturated rings. The van der Waals surface area contributed by atoms with Gasteiger partial charge in [-0.05, 0) is 54.8 Å². The van der Waals surface area contributed by atoms with Crippen molar-refractivity contribution in [3.63, 3.8) is 0 Å². The van der Waals surface area contributed by atoms with Crippen LogP contribution in [0.25, 0.3) is 0 Å². The number of aliphatic carboxylic acids is 1. The summed E-state index contributed by atoms with van der Waals surface area (Å²) in [5, 5.41) is 38.2. The number of ether oxygens (including phenoxy) is 6. The molecule has 1 saturated heterocycles. The smallest absolute Gasteiger partial charge is 0.350 e. The number of amides is 1. The number of aliphatic hydroxyl groups excluding tert-OH is 1. The minimum absolute atomic E-state index is 0.0221. The molecule has 18 heteroatoms. The molecule has 0 radical (unpaired) electrons. The van der Waals surface area contributed by atoms with Crippen LogP contribution in [0.1, 0.15) is 99.5 Å². The third kappa shape index (κ3) is 9.15. The number of hydrogen-bond donors (Lipinski definition) is 4. The van der Waals surface area contributed by atoms with Crippen molar-refractivity contribution in [1.29, 1.82) is 0 Å². The van der Waals surface area contributed by atoms with E-state index in [2.05, 4.69) is 5.32 Å². The number of carboxylic acids is 1. The number of aliphatic hydroxyl groups is 2. The highest BCUT2D eigenvalue weighted by Crippen LogP contribution is 2.64. The summed E-state index contributed by atoms with van der Waals surface area (Å²) in [6.07, 6.45) is -12.5. The van der Waals surface area contributed by atoms with Crippen LogP contribution in [0, 0.1) is 16.7 Å². The molecule has 7 rings (SSSR count). The number of Topliss-reactive ketones (excluding diaryl/α,β-unsaturated/α-hetero) is 1. The zero-order valence-electron chi connectivity index (χ0n) is 38.9. The van der Waals surface area contributed by atoms with Crippen molar-refractivity contribution in [3.05, 3.63) is 119 Å². The highest BCUT2D eigenvalue weighted by atomic mass is 16.6. The van der Waals surface area contributed by atoms with Crippen LogP contribution >= 0.6 is 0 Å². The fraction of sp³-hybridized carbons (Fsp3) is 0.451. The van der Waals surface area contributed by atoms with Crippen LogP contribution in [-0.2, 0) is 57.2 Å². The number of hydrogen-bond acceptors (Lipinski definition) is 16. The van der Waals surface area contributed by atoms with Crippen molar-refractivity contribution < 1.29 is 82.1 Å². The SMILES string of the molecule is CC(=O)O[C@H]1C(=O)[C@]2(C)C(O)C[C@H]3OC[C@@]3(OC(C)=O)[C@H]2[C@H](OC(=O)c2ccccc2)[C@]2(O)C[C@H](OC(=O)[C@H](OC(=O)CCC(=O)O)[C@@H](NC(=O)c3ccccc3)c3ccccc3)C(C)=C1C2(C)C. The predicted octanol–water partition coefficient (Wildman–Crippen LogP) is 4.15. The summed E-state index contributed by atoms with van der Waals surface area (Å²) in [5.41, 5.74) is -7.77. The summed E-state index contributed by atoms with van der Waals surface area (Å²) >= 11 is 0. The number of fused-ring (bicyclic) bond motifs is 5. The molecule has 2 saturated carbocycles. The first kappa shape index (κ1) is 50.1. The van der Waals surface area contributed by atoms with E-state index in [4.69, 9.17) is 28.4 Å². The van der Waals surface area contributed by atoms with Crippen molar-refractivity contribution in [2.45, 2.75) is 121 Å². The lowest BCUT2D eigenvalue weighted by molar-refractivity contribution is -0.346. The summed E-state index contributed by atoms with van der Waals surface area (Å²) in [5.74, 6) is -9.78. The Labute approximate surface area is 397 Å². The van der Waals surface area contributed by atoms with Crippen LogP contribution in [0.4, 0.5) is 0 Å². The van der Waals surface area contributed by atoms with E-state index in [1.807, 2.05) is 0 Å². The Morgan fingerprint density at radius 1 is 0.812 bits per heavy atom. The number of esters is 5. The molecule has 4 N–H and O–H groups in total. The third-order valence-electron chi connectivity index (χ3n) is 14.3. The van der Waals surface area contributed by atoms with Gasteiger partial charge < -0.3 is 49.1 Å². The molecule has 3 aromatic carbocycles. The Bertz CT molecular complexity index is 2550. The second kappa shape index (κ2) is 19.3. The Morgan fingerprint density at radius 2 is 1.41 bits per heavy atom. The largest absolute Gasteiger partial charge is 0.481 e. The van der Waals surface area contributed by atoms with Crippen molar-refractivity contribution >= 4 is 47.5 Å². The van der Waals surface area contributed by atoms with E-state index in [9.17, 15) is 44.1 Å². The molecule has 2 bridgehead atoms. The van der Waals surface area contributed by atoms with Gasteiger partial charge in [0.1, 0.15) is 30.0 Å². The molecule has 366 valence electrons. The Hall–Kier alpha value is -6.76. The molecule has 1 heterocycles. The minimum atomic E-state index is -2.50. The summed E-state index contributed by atoms with van der Waals surface area (Å²) in [7, 11) is 0. The number of rotatable bonds is 14. The zero-order chi connectivity index (χ0) is 50.2. The third-order valence-corrected chi connectivity index (χ3v) is 14.3. The summed E-state index contributed by atoms with van der Waals surface area (Å²) in [6.45, 7) is 7.68. The molecule has 11 atom stereocenters. The molecule has 0 spiro atoms. The van der Waals surface area contributed by atoms with Crippen molar-refractivity contribution in [1.82, 2.24) is 5.32 Å². The first-order valence-corrected chi connectivity index (χ1v) is 22.5. The quantitative estimate of drug-likeness (QED) is 0.100. The molecule has 1 amide bonds. The maximum atomic E-state index is 15.7. The van der Waals surface area contributed by atoms with E-state index in [1.165, 1.54) is 52.0 Å². The van der Waals surface area contributed by atoms with E-state index in [1.54, 1.807) is 66.7 Å². The van der Waals surface area contributed by atoms with Crippen LogP contribution in [0.15, 0.2) is 102 Å². The molecule has 69 heavy (non-hydrogen) atoms. The fourth-order valence-electron chi connectivity index (χ4n) is 10.7. The van der Waals surface area contributed by atoms with Gasteiger partial charge in [0.25, 0.3) is 5.91 Å². The maximum Gasteiger partial charge on any atom is 0.350 e. The molecule has 18 nitrogen and oxygen atoms in total. The number of nitrogens with one attached hydrogen (secondary N) is 1. The van der Waals surface area contributed by atoms with Gasteiger partial charge in [0.05, 0.1) is 42.4 Å². The van der Waals surface area contributed by atoms with Crippen LogP contribution in [0.3, 0.4) is 0 Å². The lowest BCUT2D eigenvalue weighted by Crippen LogP contribution is -2.82. The van der Waals surface area contributed by atoms with Gasteiger partial charge in [-0.1, -0.05) is 80.6 Å². The van der Waals surface area contributed by atoms with Gasteiger partial charge in [-0.3, -0.25) is 28.8 Å². The van der Waals surface area contributed by atoms with Crippen LogP contribution in [0.5, 0.6) is 0 Å². The molecular weight excluding hydrogens is 899 g/mol. The monoisotopic (exact) mass is 953 g/mol. The highest BCUT2D eigenvalue weighted by molar-refractivity contribution is 5.96. The molecule has 1 aliphatic heterocycles. The number of carbonyl (C=O) groups is 8. The number of carbonyl (C=O) groups excluding carboxylic acids is 7. The van der Waals surface area contributed by atoms with Crippen molar-refractivity contribution in [2.24, 2.45) is 16.7 Å². The topological polar surface area (TPSA) is 265 Å². The Kier molecular flexibility index (Phi) is 14.0. The van der Waals surface area contributed by atoms with Gasteiger partial charge in [-0.25, -0.2) is 9.59 Å². The molecule has 0 aromatic heterocycles. The van der Waals surface area contributed by atoms with E-state index in [-0.39, 0.29) is 40.9 Å². The van der Waals surface area contributed by atoms with Gasteiger partial charge in [0.2, 0.25) is 6.10 Å². The number of benzene rings is 3. The predicted molar refractivity (Wildman–Crippen MR) is 238 cm³/mol. The molecular formula is C51H55NO17. The van der Waals surface area contributed by atoms with Crippen molar-refractivity contribution in [2.75, 3.05) is 6.61 Å². The lowest BCUT2D eigenvalue weighted by atomic mass is 9.44. The van der Waals surface area contributed by atoms with Crippen LogP contribution in [0.2, 0.25) is 0 Å². The minimum Gasteiger partial charge on any atom is -0.481 e. The number of carboxylic acid groups (broad SMARTS) is 1. The standard InChI is InChI=1S/C51H55NO17/c1-27-33(66-47(62)41(67-37(58)23-22-36(56)57)39(30-16-10-7-11-17-30)52-45(60)31-18-12-8-13-19-31)25-51(63)44(68-46(61)32-20-14-9-15-21-32)42-49(6,34(55)24-35-50(42,26-64-35)69-29(3)54)43(59)40(65-28(2)53)38(27)48(51,4)5/h7-21,33-35,39-42,44,55,63H,22-26H2,1-6H3,(H,52,60)(H,56,57)/t33-,34?,35+,39-,40+,41+,42-,44-,49+,50-,51+/m0/s1. The first-order valence-electron chi connectivity index (χ1n) is 22.5. The van der Waals surface area contributed by atoms with Gasteiger partial charge in [-0.15, -0.1) is 0 Å². The normalized spacial score (nSPS) is 29.7. The van der Waals surface area contributed by atoms with Crippen LogP contribution < -0.4 is 5.32 Å². The van der Waals surface area contributed by atoms with Gasteiger partial charge in [-0.2, -0.15) is 0 Å². The van der Waals surface area contributed by atoms with E-state index in [0.717, 1.165) is 13.8 Å². The Balaban J connectivity index is 1.42. The highest BCUT2D eigenvalue weighted by Gasteiger charge is 2.78. The van der Waals surface area contributed by atoms with E-state index < -0.39 is 137 Å². The average molecular weight is 954 g/mol. The summed E-state index contributed by atoms with van der Waals surface area (Å²) in [4.78, 5) is 110. The molecule has 1 unspecified atom stereocenters. The van der Waals surface area contributed by atoms with Gasteiger partial charge >= 0.3 is 35.8 Å². The summed E-state index contributed by atoms with van der Waals surface area (Å²) < 4.78 is 36.3. The lowest BCUT2D eigenvalue weighted by Gasteiger charge is -2.67. The zero-order valence-corrected chi connectivity index (χ0v) is 38.9. The van der Waals surface area contributed by atoms with Crippen LogP contribution in [-0.4, -0.2) is 117 Å². The first-order chi connectivity index (χ1) is 32.6.